The predicted molar refractivity (Wildman–Crippen MR) is 109 cm³/mol. The zero-order chi connectivity index (χ0) is 20.2. The second kappa shape index (κ2) is 8.02. The van der Waals surface area contributed by atoms with Crippen LogP contribution in [0.4, 0.5) is 0 Å². The number of pyridine rings is 2. The quantitative estimate of drug-likeness (QED) is 0.570. The van der Waals surface area contributed by atoms with E-state index in [2.05, 4.69) is 19.9 Å². The SMILES string of the molecule is Cc1ccc2cc(CN(Cc3cccnc3)C(=O)c3cnccn3)c(=O)[nH]c2c1. The summed E-state index contributed by atoms with van der Waals surface area (Å²) in [5.74, 6) is -0.301. The van der Waals surface area contributed by atoms with Crippen LogP contribution in [0.5, 0.6) is 0 Å². The molecule has 144 valence electrons. The first-order chi connectivity index (χ1) is 14.1. The van der Waals surface area contributed by atoms with Crippen molar-refractivity contribution in [2.24, 2.45) is 0 Å². The normalized spacial score (nSPS) is 10.8. The topological polar surface area (TPSA) is 91.8 Å². The predicted octanol–water partition coefficient (Wildman–Crippen LogP) is 2.86. The molecule has 0 aliphatic carbocycles. The molecule has 0 aliphatic heterocycles. The number of aromatic amines is 1. The molecule has 1 amide bonds. The number of H-pyrrole nitrogens is 1. The summed E-state index contributed by atoms with van der Waals surface area (Å²) >= 11 is 0. The van der Waals surface area contributed by atoms with E-state index in [0.717, 1.165) is 22.0 Å². The first kappa shape index (κ1) is 18.5. The molecule has 1 aromatic carbocycles. The average Bonchev–Trinajstić information content (AvgIpc) is 2.74. The molecule has 0 unspecified atom stereocenters. The van der Waals surface area contributed by atoms with Crippen molar-refractivity contribution in [1.29, 1.82) is 0 Å². The monoisotopic (exact) mass is 385 g/mol. The third-order valence-electron chi connectivity index (χ3n) is 4.61. The zero-order valence-corrected chi connectivity index (χ0v) is 15.9. The Labute approximate surface area is 167 Å². The van der Waals surface area contributed by atoms with E-state index in [0.29, 0.717) is 12.1 Å². The van der Waals surface area contributed by atoms with Gasteiger partial charge >= 0.3 is 0 Å². The number of nitrogens with zero attached hydrogens (tertiary/aromatic N) is 4. The van der Waals surface area contributed by atoms with Crippen molar-refractivity contribution >= 4 is 16.8 Å². The summed E-state index contributed by atoms with van der Waals surface area (Å²) in [4.78, 5) is 42.4. The van der Waals surface area contributed by atoms with Gasteiger partial charge in [-0.3, -0.25) is 19.6 Å². The van der Waals surface area contributed by atoms with Gasteiger partial charge in [0.1, 0.15) is 5.69 Å². The van der Waals surface area contributed by atoms with Crippen LogP contribution in [0.3, 0.4) is 0 Å². The number of amides is 1. The summed E-state index contributed by atoms with van der Waals surface area (Å²) in [7, 11) is 0. The lowest BCUT2D eigenvalue weighted by Crippen LogP contribution is -2.33. The molecule has 3 heterocycles. The Bertz CT molecular complexity index is 1210. The number of nitrogens with one attached hydrogen (secondary N) is 1. The van der Waals surface area contributed by atoms with Gasteiger partial charge < -0.3 is 9.88 Å². The van der Waals surface area contributed by atoms with Gasteiger partial charge in [0.2, 0.25) is 0 Å². The van der Waals surface area contributed by atoms with Gasteiger partial charge in [0.15, 0.2) is 0 Å². The second-order valence-electron chi connectivity index (χ2n) is 6.83. The van der Waals surface area contributed by atoms with Crippen molar-refractivity contribution < 1.29 is 4.79 Å². The zero-order valence-electron chi connectivity index (χ0n) is 15.9. The lowest BCUT2D eigenvalue weighted by Gasteiger charge is -2.22. The minimum atomic E-state index is -0.301. The molecule has 0 saturated heterocycles. The molecule has 3 aromatic heterocycles. The number of carbonyl (C=O) groups excluding carboxylic acids is 1. The summed E-state index contributed by atoms with van der Waals surface area (Å²) in [5.41, 5.74) is 3.21. The van der Waals surface area contributed by atoms with E-state index < -0.39 is 0 Å². The van der Waals surface area contributed by atoms with Gasteiger partial charge in [-0.15, -0.1) is 0 Å². The third kappa shape index (κ3) is 4.19. The Morgan fingerprint density at radius 2 is 1.90 bits per heavy atom. The van der Waals surface area contributed by atoms with Gasteiger partial charge in [0, 0.05) is 42.4 Å². The highest BCUT2D eigenvalue weighted by molar-refractivity contribution is 5.92. The molecule has 4 aromatic rings. The van der Waals surface area contributed by atoms with Crippen molar-refractivity contribution in [2.75, 3.05) is 0 Å². The summed E-state index contributed by atoms with van der Waals surface area (Å²) in [6, 6.07) is 11.4. The fraction of sp³-hybridized carbons (Fsp3) is 0.136. The molecule has 0 bridgehead atoms. The lowest BCUT2D eigenvalue weighted by molar-refractivity contribution is 0.0723. The maximum atomic E-state index is 13.1. The van der Waals surface area contributed by atoms with Crippen LogP contribution >= 0.6 is 0 Å². The standard InChI is InChI=1S/C22H19N5O2/c1-15-4-5-17-10-18(21(28)26-19(17)9-15)14-27(13-16-3-2-6-23-11-16)22(29)20-12-24-7-8-25-20/h2-12H,13-14H2,1H3,(H,26,28). The maximum absolute atomic E-state index is 13.1. The van der Waals surface area contributed by atoms with Crippen molar-refractivity contribution in [3.63, 3.8) is 0 Å². The molecule has 0 saturated carbocycles. The van der Waals surface area contributed by atoms with Gasteiger partial charge in [-0.1, -0.05) is 18.2 Å². The van der Waals surface area contributed by atoms with Gasteiger partial charge in [-0.25, -0.2) is 4.98 Å². The lowest BCUT2D eigenvalue weighted by atomic mass is 10.1. The van der Waals surface area contributed by atoms with Crippen LogP contribution in [-0.2, 0) is 13.1 Å². The number of hydrogen-bond donors (Lipinski definition) is 1. The number of aromatic nitrogens is 4. The Hall–Kier alpha value is -3.87. The summed E-state index contributed by atoms with van der Waals surface area (Å²) in [6.07, 6.45) is 7.78. The van der Waals surface area contributed by atoms with Crippen molar-refractivity contribution in [3.05, 3.63) is 100 Å². The fourth-order valence-corrected chi connectivity index (χ4v) is 3.17. The van der Waals surface area contributed by atoms with Gasteiger partial charge in [0.25, 0.3) is 11.5 Å². The smallest absolute Gasteiger partial charge is 0.274 e. The number of fused-ring (bicyclic) bond motifs is 1. The van der Waals surface area contributed by atoms with Crippen LogP contribution in [0.1, 0.15) is 27.2 Å². The molecular formula is C22H19N5O2. The van der Waals surface area contributed by atoms with Crippen LogP contribution in [0.15, 0.2) is 72.2 Å². The van der Waals surface area contributed by atoms with Gasteiger partial charge in [0.05, 0.1) is 12.7 Å². The minimum Gasteiger partial charge on any atom is -0.328 e. The molecular weight excluding hydrogens is 366 g/mol. The van der Waals surface area contributed by atoms with Crippen molar-refractivity contribution in [1.82, 2.24) is 24.8 Å². The van der Waals surface area contributed by atoms with Crippen LogP contribution in [0, 0.1) is 6.92 Å². The molecule has 7 heteroatoms. The Kier molecular flexibility index (Phi) is 5.11. The number of carbonyl (C=O) groups is 1. The molecule has 0 fully saturated rings. The highest BCUT2D eigenvalue weighted by atomic mass is 16.2. The van der Waals surface area contributed by atoms with E-state index in [-0.39, 0.29) is 23.7 Å². The first-order valence-corrected chi connectivity index (χ1v) is 9.17. The highest BCUT2D eigenvalue weighted by Gasteiger charge is 2.20. The van der Waals surface area contributed by atoms with E-state index in [1.165, 1.54) is 18.6 Å². The highest BCUT2D eigenvalue weighted by Crippen LogP contribution is 2.16. The molecule has 29 heavy (non-hydrogen) atoms. The number of benzene rings is 1. The molecule has 7 nitrogen and oxygen atoms in total. The molecule has 1 N–H and O–H groups in total. The van der Waals surface area contributed by atoms with Crippen LogP contribution in [-0.4, -0.2) is 30.7 Å². The minimum absolute atomic E-state index is 0.142. The molecule has 0 spiro atoms. The Morgan fingerprint density at radius 1 is 1.03 bits per heavy atom. The van der Waals surface area contributed by atoms with Crippen LogP contribution in [0.2, 0.25) is 0 Å². The van der Waals surface area contributed by atoms with Crippen LogP contribution in [0.25, 0.3) is 10.9 Å². The molecule has 0 aliphatic rings. The summed E-state index contributed by atoms with van der Waals surface area (Å²) in [5, 5.41) is 0.915. The third-order valence-corrected chi connectivity index (χ3v) is 4.61. The summed E-state index contributed by atoms with van der Waals surface area (Å²) in [6.45, 7) is 2.42. The fourth-order valence-electron chi connectivity index (χ4n) is 3.17. The number of hydrogen-bond acceptors (Lipinski definition) is 5. The number of rotatable bonds is 5. The van der Waals surface area contributed by atoms with E-state index in [4.69, 9.17) is 0 Å². The Balaban J connectivity index is 1.70. The maximum Gasteiger partial charge on any atom is 0.274 e. The summed E-state index contributed by atoms with van der Waals surface area (Å²) < 4.78 is 0. The van der Waals surface area contributed by atoms with Crippen LogP contribution < -0.4 is 5.56 Å². The average molecular weight is 385 g/mol. The van der Waals surface area contributed by atoms with Crippen molar-refractivity contribution in [3.8, 4) is 0 Å². The number of aryl methyl sites for hydroxylation is 1. The van der Waals surface area contributed by atoms with Gasteiger partial charge in [-0.2, -0.15) is 0 Å². The largest absolute Gasteiger partial charge is 0.328 e. The van der Waals surface area contributed by atoms with E-state index in [1.54, 1.807) is 17.3 Å². The Morgan fingerprint density at radius 3 is 2.66 bits per heavy atom. The van der Waals surface area contributed by atoms with E-state index in [1.807, 2.05) is 43.3 Å². The first-order valence-electron chi connectivity index (χ1n) is 9.17. The van der Waals surface area contributed by atoms with E-state index >= 15 is 0 Å². The molecule has 0 radical (unpaired) electrons. The van der Waals surface area contributed by atoms with Gasteiger partial charge in [-0.05, 0) is 41.6 Å². The van der Waals surface area contributed by atoms with Crippen molar-refractivity contribution in [2.45, 2.75) is 20.0 Å². The second-order valence-corrected chi connectivity index (χ2v) is 6.83. The van der Waals surface area contributed by atoms with E-state index in [9.17, 15) is 9.59 Å². The molecule has 4 rings (SSSR count). The molecule has 0 atom stereocenters.